The highest BCUT2D eigenvalue weighted by Crippen LogP contribution is 2.33. The molecule has 21 heavy (non-hydrogen) atoms. The van der Waals surface area contributed by atoms with E-state index in [4.69, 9.17) is 16.7 Å². The van der Waals surface area contributed by atoms with E-state index in [2.05, 4.69) is 5.32 Å². The molecule has 0 saturated heterocycles. The number of benzene rings is 1. The van der Waals surface area contributed by atoms with Crippen molar-refractivity contribution in [2.45, 2.75) is 25.3 Å². The van der Waals surface area contributed by atoms with Crippen LogP contribution in [-0.2, 0) is 9.59 Å². The third kappa shape index (κ3) is 4.86. The Morgan fingerprint density at radius 1 is 1.48 bits per heavy atom. The van der Waals surface area contributed by atoms with Gasteiger partial charge in [-0.3, -0.25) is 4.79 Å². The van der Waals surface area contributed by atoms with Crippen LogP contribution < -0.4 is 5.32 Å². The van der Waals surface area contributed by atoms with E-state index in [1.807, 2.05) is 0 Å². The van der Waals surface area contributed by atoms with Gasteiger partial charge < -0.3 is 10.4 Å². The number of carbonyl (C=O) groups is 2. The van der Waals surface area contributed by atoms with Crippen molar-refractivity contribution in [2.75, 3.05) is 0 Å². The van der Waals surface area contributed by atoms with E-state index in [1.54, 1.807) is 0 Å². The minimum Gasteiger partial charge on any atom is -0.480 e. The average Bonchev–Trinajstić information content (AvgIpc) is 3.21. The predicted molar refractivity (Wildman–Crippen MR) is 77.4 cm³/mol. The largest absolute Gasteiger partial charge is 0.480 e. The molecule has 1 aliphatic rings. The van der Waals surface area contributed by atoms with E-state index in [0.29, 0.717) is 12.3 Å². The second-order valence-corrected chi connectivity index (χ2v) is 5.51. The number of hydrogen-bond donors (Lipinski definition) is 2. The summed E-state index contributed by atoms with van der Waals surface area (Å²) in [6.07, 6.45) is 4.85. The van der Waals surface area contributed by atoms with Crippen LogP contribution in [-0.4, -0.2) is 23.0 Å². The van der Waals surface area contributed by atoms with Crippen molar-refractivity contribution in [3.8, 4) is 0 Å². The van der Waals surface area contributed by atoms with E-state index < -0.39 is 23.7 Å². The van der Waals surface area contributed by atoms with Crippen LogP contribution in [0.1, 0.15) is 24.8 Å². The molecule has 1 aliphatic carbocycles. The number of carbonyl (C=O) groups excluding carboxylic acids is 1. The first-order valence-corrected chi connectivity index (χ1v) is 7.00. The molecule has 1 unspecified atom stereocenters. The molecular weight excluding hydrogens is 297 g/mol. The quantitative estimate of drug-likeness (QED) is 0.794. The lowest BCUT2D eigenvalue weighted by molar-refractivity contribution is -0.141. The van der Waals surface area contributed by atoms with Crippen molar-refractivity contribution in [1.82, 2.24) is 5.32 Å². The van der Waals surface area contributed by atoms with Crippen molar-refractivity contribution in [3.63, 3.8) is 0 Å². The molecule has 0 radical (unpaired) electrons. The van der Waals surface area contributed by atoms with Gasteiger partial charge in [-0.25, -0.2) is 9.18 Å². The van der Waals surface area contributed by atoms with Crippen molar-refractivity contribution < 1.29 is 19.1 Å². The Morgan fingerprint density at radius 2 is 2.19 bits per heavy atom. The molecule has 2 rings (SSSR count). The number of rotatable bonds is 6. The van der Waals surface area contributed by atoms with Crippen molar-refractivity contribution in [2.24, 2.45) is 5.92 Å². The Kier molecular flexibility index (Phi) is 4.96. The maximum Gasteiger partial charge on any atom is 0.326 e. The molecule has 1 aromatic rings. The number of amides is 1. The van der Waals surface area contributed by atoms with Crippen LogP contribution in [0.5, 0.6) is 0 Å². The topological polar surface area (TPSA) is 66.4 Å². The first kappa shape index (κ1) is 15.5. The summed E-state index contributed by atoms with van der Waals surface area (Å²) in [7, 11) is 0. The van der Waals surface area contributed by atoms with Gasteiger partial charge in [0.2, 0.25) is 5.91 Å². The molecule has 0 aromatic heterocycles. The SMILES string of the molecule is O=C(/C=C/c1ccc(Cl)cc1F)NC(CC1CC1)C(=O)O. The number of aliphatic carboxylic acids is 1. The first-order chi connectivity index (χ1) is 9.95. The van der Waals surface area contributed by atoms with Gasteiger partial charge in [0, 0.05) is 16.7 Å². The summed E-state index contributed by atoms with van der Waals surface area (Å²) in [6, 6.07) is 3.20. The molecule has 0 spiro atoms. The van der Waals surface area contributed by atoms with Gasteiger partial charge in [0.1, 0.15) is 11.9 Å². The Bertz CT molecular complexity index is 584. The second-order valence-electron chi connectivity index (χ2n) is 5.08. The first-order valence-electron chi connectivity index (χ1n) is 6.62. The van der Waals surface area contributed by atoms with E-state index in [9.17, 15) is 14.0 Å². The van der Waals surface area contributed by atoms with Crippen LogP contribution in [0.25, 0.3) is 6.08 Å². The van der Waals surface area contributed by atoms with Crippen molar-refractivity contribution in [1.29, 1.82) is 0 Å². The zero-order valence-electron chi connectivity index (χ0n) is 11.2. The predicted octanol–water partition coefficient (Wildman–Crippen LogP) is 2.86. The third-order valence-electron chi connectivity index (χ3n) is 3.26. The molecule has 4 nitrogen and oxygen atoms in total. The van der Waals surface area contributed by atoms with Gasteiger partial charge >= 0.3 is 5.97 Å². The summed E-state index contributed by atoms with van der Waals surface area (Å²) in [5.41, 5.74) is 0.212. The van der Waals surface area contributed by atoms with Gasteiger partial charge in [0.25, 0.3) is 0 Å². The highest BCUT2D eigenvalue weighted by molar-refractivity contribution is 6.30. The Balaban J connectivity index is 1.95. The smallest absolute Gasteiger partial charge is 0.326 e. The second kappa shape index (κ2) is 6.72. The van der Waals surface area contributed by atoms with Crippen LogP contribution in [0.4, 0.5) is 4.39 Å². The molecule has 0 aliphatic heterocycles. The highest BCUT2D eigenvalue weighted by atomic mass is 35.5. The van der Waals surface area contributed by atoms with Gasteiger partial charge in [0.15, 0.2) is 0 Å². The molecule has 0 heterocycles. The molecule has 1 atom stereocenters. The number of halogens is 2. The van der Waals surface area contributed by atoms with Crippen LogP contribution in [0.3, 0.4) is 0 Å². The zero-order valence-corrected chi connectivity index (χ0v) is 11.9. The summed E-state index contributed by atoms with van der Waals surface area (Å²) in [5.74, 6) is -1.78. The average molecular weight is 312 g/mol. The summed E-state index contributed by atoms with van der Waals surface area (Å²) >= 11 is 5.63. The summed E-state index contributed by atoms with van der Waals surface area (Å²) < 4.78 is 13.5. The number of nitrogens with one attached hydrogen (secondary N) is 1. The molecule has 0 bridgehead atoms. The molecule has 2 N–H and O–H groups in total. The number of carboxylic acids is 1. The van der Waals surface area contributed by atoms with Crippen LogP contribution in [0, 0.1) is 11.7 Å². The number of carboxylic acid groups (broad SMARTS) is 1. The van der Waals surface area contributed by atoms with E-state index in [0.717, 1.165) is 25.0 Å². The molecule has 1 amide bonds. The summed E-state index contributed by atoms with van der Waals surface area (Å²) in [6.45, 7) is 0. The van der Waals surface area contributed by atoms with E-state index >= 15 is 0 Å². The molecule has 1 fully saturated rings. The Morgan fingerprint density at radius 3 is 2.76 bits per heavy atom. The Labute approximate surface area is 126 Å². The maximum atomic E-state index is 13.5. The van der Waals surface area contributed by atoms with Crippen molar-refractivity contribution in [3.05, 3.63) is 40.7 Å². The van der Waals surface area contributed by atoms with Gasteiger partial charge in [-0.05, 0) is 30.5 Å². The standard InChI is InChI=1S/C15H15ClFNO3/c16-11-5-3-10(12(17)8-11)4-6-14(19)18-13(15(20)21)7-9-1-2-9/h3-6,8-9,13H,1-2,7H2,(H,18,19)(H,20,21)/b6-4+. The minimum atomic E-state index is -1.05. The maximum absolute atomic E-state index is 13.5. The summed E-state index contributed by atoms with van der Waals surface area (Å²) in [4.78, 5) is 22.8. The fourth-order valence-corrected chi connectivity index (χ4v) is 2.09. The van der Waals surface area contributed by atoms with E-state index in [1.165, 1.54) is 18.2 Å². The van der Waals surface area contributed by atoms with Gasteiger partial charge in [-0.2, -0.15) is 0 Å². The lowest BCUT2D eigenvalue weighted by atomic mass is 10.1. The van der Waals surface area contributed by atoms with Crippen LogP contribution in [0.15, 0.2) is 24.3 Å². The fraction of sp³-hybridized carbons (Fsp3) is 0.333. The van der Waals surface area contributed by atoms with Crippen LogP contribution in [0.2, 0.25) is 5.02 Å². The lowest BCUT2D eigenvalue weighted by Gasteiger charge is -2.12. The zero-order chi connectivity index (χ0) is 15.4. The monoisotopic (exact) mass is 311 g/mol. The molecule has 6 heteroatoms. The van der Waals surface area contributed by atoms with Gasteiger partial charge in [0.05, 0.1) is 0 Å². The van der Waals surface area contributed by atoms with Crippen LogP contribution >= 0.6 is 11.6 Å². The highest BCUT2D eigenvalue weighted by Gasteiger charge is 2.29. The molecule has 1 saturated carbocycles. The molecule has 112 valence electrons. The van der Waals surface area contributed by atoms with E-state index in [-0.39, 0.29) is 10.6 Å². The van der Waals surface area contributed by atoms with Gasteiger partial charge in [-0.15, -0.1) is 0 Å². The van der Waals surface area contributed by atoms with Crippen molar-refractivity contribution >= 4 is 29.6 Å². The normalized spacial score (nSPS) is 15.9. The van der Waals surface area contributed by atoms with Gasteiger partial charge in [-0.1, -0.05) is 30.5 Å². The molecule has 1 aromatic carbocycles. The molecular formula is C15H15ClFNO3. The minimum absolute atomic E-state index is 0.212. The fourth-order valence-electron chi connectivity index (χ4n) is 1.93. The third-order valence-corrected chi connectivity index (χ3v) is 3.49. The Hall–Kier alpha value is -1.88. The lowest BCUT2D eigenvalue weighted by Crippen LogP contribution is -2.40. The summed E-state index contributed by atoms with van der Waals surface area (Å²) in [5, 5.41) is 11.7. The number of hydrogen-bond acceptors (Lipinski definition) is 2.